The molecule has 2 aromatic rings. The fraction of sp³-hybridized carbons (Fsp3) is 0.182. The SMILES string of the molecule is CCC=NOC(=O)NC1(c2ccc(-c3ccccc3F)cc2)C=C(Cl)C=C(Cl)C1. The zero-order valence-electron chi connectivity index (χ0n) is 15.7. The van der Waals surface area contributed by atoms with E-state index in [-0.39, 0.29) is 12.2 Å². The van der Waals surface area contributed by atoms with Crippen LogP contribution in [-0.2, 0) is 10.4 Å². The number of nitrogens with zero attached hydrogens (tertiary/aromatic N) is 1. The highest BCUT2D eigenvalue weighted by Crippen LogP contribution is 2.39. The number of carbonyl (C=O) groups excluding carboxylic acids is 1. The molecule has 1 amide bonds. The Bertz CT molecular complexity index is 987. The average molecular weight is 433 g/mol. The Balaban J connectivity index is 1.95. The molecule has 0 heterocycles. The van der Waals surface area contributed by atoms with Crippen molar-refractivity contribution in [2.24, 2.45) is 5.16 Å². The summed E-state index contributed by atoms with van der Waals surface area (Å²) in [5.41, 5.74) is 0.905. The van der Waals surface area contributed by atoms with E-state index >= 15 is 0 Å². The summed E-state index contributed by atoms with van der Waals surface area (Å²) in [4.78, 5) is 17.1. The number of nitrogens with one attached hydrogen (secondary N) is 1. The zero-order chi connectivity index (χ0) is 20.9. The Labute approximate surface area is 178 Å². The number of oxime groups is 1. The Morgan fingerprint density at radius 2 is 1.97 bits per heavy atom. The van der Waals surface area contributed by atoms with Crippen molar-refractivity contribution in [3.05, 3.63) is 82.1 Å². The summed E-state index contributed by atoms with van der Waals surface area (Å²) in [6.07, 6.45) is 4.99. The van der Waals surface area contributed by atoms with E-state index in [9.17, 15) is 9.18 Å². The molecular weight excluding hydrogens is 414 g/mol. The maximum Gasteiger partial charge on any atom is 0.434 e. The molecule has 0 aromatic heterocycles. The van der Waals surface area contributed by atoms with Crippen LogP contribution in [0, 0.1) is 5.82 Å². The molecular formula is C22H19Cl2FN2O2. The molecule has 0 saturated heterocycles. The van der Waals surface area contributed by atoms with Crippen molar-refractivity contribution >= 4 is 35.5 Å². The zero-order valence-corrected chi connectivity index (χ0v) is 17.2. The van der Waals surface area contributed by atoms with Crippen molar-refractivity contribution in [1.29, 1.82) is 0 Å². The first-order valence-corrected chi connectivity index (χ1v) is 9.80. The van der Waals surface area contributed by atoms with Crippen LogP contribution in [0.2, 0.25) is 0 Å². The molecule has 1 aliphatic rings. The van der Waals surface area contributed by atoms with Crippen molar-refractivity contribution in [3.63, 3.8) is 0 Å². The third-order valence-corrected chi connectivity index (χ3v) is 4.89. The van der Waals surface area contributed by atoms with Gasteiger partial charge in [0, 0.05) is 28.3 Å². The molecule has 29 heavy (non-hydrogen) atoms. The topological polar surface area (TPSA) is 50.7 Å². The average Bonchev–Trinajstić information content (AvgIpc) is 2.68. The van der Waals surface area contributed by atoms with Gasteiger partial charge in [0.2, 0.25) is 0 Å². The van der Waals surface area contributed by atoms with Gasteiger partial charge in [-0.2, -0.15) is 0 Å². The number of carbonyl (C=O) groups is 1. The van der Waals surface area contributed by atoms with Crippen molar-refractivity contribution in [2.45, 2.75) is 25.3 Å². The van der Waals surface area contributed by atoms with Crippen LogP contribution in [0.5, 0.6) is 0 Å². The van der Waals surface area contributed by atoms with Gasteiger partial charge in [0.25, 0.3) is 0 Å². The normalized spacial score (nSPS) is 18.9. The molecule has 0 bridgehead atoms. The molecule has 0 fully saturated rings. The molecule has 2 aromatic carbocycles. The molecule has 0 aliphatic heterocycles. The van der Waals surface area contributed by atoms with Gasteiger partial charge in [0.1, 0.15) is 5.82 Å². The minimum atomic E-state index is -1.02. The second kappa shape index (κ2) is 9.25. The van der Waals surface area contributed by atoms with Gasteiger partial charge in [-0.1, -0.05) is 77.7 Å². The molecule has 1 unspecified atom stereocenters. The van der Waals surface area contributed by atoms with Crippen LogP contribution < -0.4 is 5.32 Å². The summed E-state index contributed by atoms with van der Waals surface area (Å²) in [5, 5.41) is 7.27. The molecule has 150 valence electrons. The number of rotatable bonds is 5. The molecule has 0 radical (unpaired) electrons. The fourth-order valence-corrected chi connectivity index (χ4v) is 3.84. The lowest BCUT2D eigenvalue weighted by Gasteiger charge is -2.34. The lowest BCUT2D eigenvalue weighted by molar-refractivity contribution is 0.141. The minimum absolute atomic E-state index is 0.288. The van der Waals surface area contributed by atoms with Gasteiger partial charge in [-0.05, 0) is 35.8 Å². The highest BCUT2D eigenvalue weighted by molar-refractivity contribution is 6.35. The molecule has 3 rings (SSSR count). The molecule has 4 nitrogen and oxygen atoms in total. The van der Waals surface area contributed by atoms with Crippen LogP contribution in [0.1, 0.15) is 25.3 Å². The fourth-order valence-electron chi connectivity index (χ4n) is 3.14. The van der Waals surface area contributed by atoms with Gasteiger partial charge in [-0.3, -0.25) is 4.84 Å². The van der Waals surface area contributed by atoms with Crippen LogP contribution in [0.25, 0.3) is 11.1 Å². The summed E-state index contributed by atoms with van der Waals surface area (Å²) < 4.78 is 14.1. The number of hydrogen-bond donors (Lipinski definition) is 1. The van der Waals surface area contributed by atoms with Crippen LogP contribution in [-0.4, -0.2) is 12.3 Å². The van der Waals surface area contributed by atoms with E-state index in [4.69, 9.17) is 28.0 Å². The van der Waals surface area contributed by atoms with Crippen molar-refractivity contribution in [1.82, 2.24) is 5.32 Å². The van der Waals surface area contributed by atoms with E-state index in [1.165, 1.54) is 12.3 Å². The number of allylic oxidation sites excluding steroid dienone is 2. The smallest absolute Gasteiger partial charge is 0.306 e. The standard InChI is InChI=1S/C22H19Cl2FN2O2/c1-2-11-26-29-21(28)27-22(13-17(23)12-18(24)14-22)16-9-7-15(8-10-16)19-5-3-4-6-20(19)25/h3-13H,2,14H2,1H3,(H,27,28). The van der Waals surface area contributed by atoms with Crippen molar-refractivity contribution in [3.8, 4) is 11.1 Å². The maximum absolute atomic E-state index is 14.1. The molecule has 1 N–H and O–H groups in total. The summed E-state index contributed by atoms with van der Waals surface area (Å²) in [6, 6.07) is 13.7. The van der Waals surface area contributed by atoms with E-state index in [2.05, 4.69) is 10.5 Å². The summed E-state index contributed by atoms with van der Waals surface area (Å²) in [7, 11) is 0. The lowest BCUT2D eigenvalue weighted by Crippen LogP contribution is -2.45. The molecule has 0 saturated carbocycles. The van der Waals surface area contributed by atoms with Gasteiger partial charge in [0.05, 0.1) is 5.54 Å². The Kier molecular flexibility index (Phi) is 6.72. The first-order chi connectivity index (χ1) is 13.9. The third kappa shape index (κ3) is 5.05. The molecule has 7 heteroatoms. The van der Waals surface area contributed by atoms with E-state index in [0.717, 1.165) is 5.56 Å². The number of benzene rings is 2. The predicted molar refractivity (Wildman–Crippen MR) is 114 cm³/mol. The Morgan fingerprint density at radius 3 is 2.62 bits per heavy atom. The van der Waals surface area contributed by atoms with Crippen LogP contribution in [0.15, 0.2) is 75.9 Å². The maximum atomic E-state index is 14.1. The number of amides is 1. The first kappa shape index (κ1) is 21.1. The van der Waals surface area contributed by atoms with Crippen LogP contribution in [0.4, 0.5) is 9.18 Å². The van der Waals surface area contributed by atoms with Crippen LogP contribution in [0.3, 0.4) is 0 Å². The number of hydrogen-bond acceptors (Lipinski definition) is 3. The molecule has 1 atom stereocenters. The van der Waals surface area contributed by atoms with E-state index in [0.29, 0.717) is 27.6 Å². The highest BCUT2D eigenvalue weighted by atomic mass is 35.5. The second-order valence-electron chi connectivity index (χ2n) is 6.53. The highest BCUT2D eigenvalue weighted by Gasteiger charge is 2.36. The lowest BCUT2D eigenvalue weighted by atomic mass is 9.83. The predicted octanol–water partition coefficient (Wildman–Crippen LogP) is 6.46. The monoisotopic (exact) mass is 432 g/mol. The summed E-state index contributed by atoms with van der Waals surface area (Å²) >= 11 is 12.5. The van der Waals surface area contributed by atoms with Gasteiger partial charge < -0.3 is 5.32 Å². The summed E-state index contributed by atoms with van der Waals surface area (Å²) in [5.74, 6) is -0.308. The second-order valence-corrected chi connectivity index (χ2v) is 7.45. The van der Waals surface area contributed by atoms with Crippen molar-refractivity contribution in [2.75, 3.05) is 0 Å². The van der Waals surface area contributed by atoms with E-state index in [1.54, 1.807) is 54.6 Å². The number of halogens is 3. The third-order valence-electron chi connectivity index (χ3n) is 4.43. The van der Waals surface area contributed by atoms with Crippen molar-refractivity contribution < 1.29 is 14.0 Å². The molecule has 0 spiro atoms. The summed E-state index contributed by atoms with van der Waals surface area (Å²) in [6.45, 7) is 1.87. The van der Waals surface area contributed by atoms with Gasteiger partial charge in [0.15, 0.2) is 0 Å². The van der Waals surface area contributed by atoms with Crippen LogP contribution >= 0.6 is 23.2 Å². The first-order valence-electron chi connectivity index (χ1n) is 9.04. The van der Waals surface area contributed by atoms with E-state index in [1.807, 2.05) is 6.92 Å². The molecule has 1 aliphatic carbocycles. The van der Waals surface area contributed by atoms with E-state index < -0.39 is 11.6 Å². The quantitative estimate of drug-likeness (QED) is 0.334. The Morgan fingerprint density at radius 1 is 1.24 bits per heavy atom. The Hall–Kier alpha value is -2.63. The minimum Gasteiger partial charge on any atom is -0.306 e. The van der Waals surface area contributed by atoms with Gasteiger partial charge in [-0.15, -0.1) is 0 Å². The van der Waals surface area contributed by atoms with Gasteiger partial charge in [-0.25, -0.2) is 9.18 Å². The van der Waals surface area contributed by atoms with Gasteiger partial charge >= 0.3 is 6.09 Å². The largest absolute Gasteiger partial charge is 0.434 e.